The highest BCUT2D eigenvalue weighted by molar-refractivity contribution is 14.0. The second-order valence-electron chi connectivity index (χ2n) is 6.59. The van der Waals surface area contributed by atoms with Gasteiger partial charge in [-0.15, -0.1) is 24.0 Å². The zero-order chi connectivity index (χ0) is 20.7. The molecule has 10 heteroatoms. The fraction of sp³-hybridized carbons (Fsp3) is 0.350. The second kappa shape index (κ2) is 11.5. The minimum absolute atomic E-state index is 0. The Kier molecular flexibility index (Phi) is 9.34. The molecule has 0 amide bonds. The number of nitrogens with two attached hydrogens (primary N) is 1. The minimum atomic E-state index is -3.41. The smallest absolute Gasteiger partial charge is 0.218 e. The average molecular weight is 546 g/mol. The summed E-state index contributed by atoms with van der Waals surface area (Å²) in [6.07, 6.45) is 0. The molecule has 1 aliphatic rings. The highest BCUT2D eigenvalue weighted by Crippen LogP contribution is 2.18. The average Bonchev–Trinajstić information content (AvgIpc) is 2.74. The lowest BCUT2D eigenvalue weighted by Crippen LogP contribution is -2.41. The number of guanidine groups is 1. The number of hydrogen-bond acceptors (Lipinski definition) is 5. The first kappa shape index (κ1) is 24.4. The quantitative estimate of drug-likeness (QED) is 0.314. The third kappa shape index (κ3) is 6.83. The molecule has 0 atom stereocenters. The molecule has 1 heterocycles. The molecule has 164 valence electrons. The molecule has 0 aliphatic carbocycles. The van der Waals surface area contributed by atoms with Crippen molar-refractivity contribution in [1.29, 1.82) is 0 Å². The van der Waals surface area contributed by atoms with Crippen LogP contribution in [0.1, 0.15) is 11.1 Å². The molecule has 0 saturated carbocycles. The van der Waals surface area contributed by atoms with Crippen LogP contribution in [0.3, 0.4) is 0 Å². The van der Waals surface area contributed by atoms with E-state index in [2.05, 4.69) is 10.3 Å². The molecule has 2 aromatic carbocycles. The maximum absolute atomic E-state index is 12.7. The van der Waals surface area contributed by atoms with E-state index < -0.39 is 10.0 Å². The van der Waals surface area contributed by atoms with E-state index >= 15 is 0 Å². The standard InChI is InChI=1S/C20H26N4O4S.HI/c1-27-19-8-6-18(7-9-19)23-20(21)22-14-16-4-2-3-5-17(16)15-29(25,26)24-10-12-28-13-11-24;/h2-9H,10-15H2,1H3,(H3,21,22,23);1H. The summed E-state index contributed by atoms with van der Waals surface area (Å²) in [4.78, 5) is 4.36. The predicted octanol–water partition coefficient (Wildman–Crippen LogP) is 2.40. The van der Waals surface area contributed by atoms with Crippen molar-refractivity contribution in [2.75, 3.05) is 38.7 Å². The largest absolute Gasteiger partial charge is 0.497 e. The van der Waals surface area contributed by atoms with E-state index in [4.69, 9.17) is 15.2 Å². The van der Waals surface area contributed by atoms with Gasteiger partial charge in [0.2, 0.25) is 10.0 Å². The molecular formula is C20H27IN4O4S. The number of rotatable bonds is 7. The van der Waals surface area contributed by atoms with Gasteiger partial charge < -0.3 is 20.5 Å². The Balaban J connectivity index is 0.00000320. The van der Waals surface area contributed by atoms with E-state index in [0.29, 0.717) is 26.3 Å². The van der Waals surface area contributed by atoms with E-state index in [1.54, 1.807) is 7.11 Å². The maximum Gasteiger partial charge on any atom is 0.218 e. The lowest BCUT2D eigenvalue weighted by Gasteiger charge is -2.26. The molecule has 0 spiro atoms. The van der Waals surface area contributed by atoms with Gasteiger partial charge in [-0.2, -0.15) is 4.31 Å². The SMILES string of the molecule is COc1ccc(NC(N)=NCc2ccccc2CS(=O)(=O)N2CCOCC2)cc1.I. The van der Waals surface area contributed by atoms with Gasteiger partial charge in [-0.05, 0) is 35.4 Å². The van der Waals surface area contributed by atoms with Crippen LogP contribution in [0.4, 0.5) is 5.69 Å². The Morgan fingerprint density at radius 2 is 1.77 bits per heavy atom. The van der Waals surface area contributed by atoms with Crippen molar-refractivity contribution in [3.63, 3.8) is 0 Å². The number of nitrogens with one attached hydrogen (secondary N) is 1. The zero-order valence-electron chi connectivity index (χ0n) is 16.8. The van der Waals surface area contributed by atoms with Crippen LogP contribution in [-0.2, 0) is 27.1 Å². The Morgan fingerprint density at radius 1 is 1.13 bits per heavy atom. The van der Waals surface area contributed by atoms with E-state index in [0.717, 1.165) is 22.6 Å². The Morgan fingerprint density at radius 3 is 2.40 bits per heavy atom. The summed E-state index contributed by atoms with van der Waals surface area (Å²) in [6.45, 7) is 1.92. The monoisotopic (exact) mass is 546 g/mol. The van der Waals surface area contributed by atoms with Crippen molar-refractivity contribution < 1.29 is 17.9 Å². The van der Waals surface area contributed by atoms with Crippen LogP contribution in [0.2, 0.25) is 0 Å². The third-order valence-corrected chi connectivity index (χ3v) is 6.43. The number of methoxy groups -OCH3 is 1. The van der Waals surface area contributed by atoms with Crippen LogP contribution in [0.5, 0.6) is 5.75 Å². The van der Waals surface area contributed by atoms with Gasteiger partial charge in [0.25, 0.3) is 0 Å². The van der Waals surface area contributed by atoms with Gasteiger partial charge in [0, 0.05) is 18.8 Å². The Hall–Kier alpha value is -1.89. The van der Waals surface area contributed by atoms with Crippen LogP contribution < -0.4 is 15.8 Å². The second-order valence-corrected chi connectivity index (χ2v) is 8.56. The molecule has 1 aliphatic heterocycles. The minimum Gasteiger partial charge on any atom is -0.497 e. The van der Waals surface area contributed by atoms with Crippen molar-refractivity contribution in [3.8, 4) is 5.75 Å². The van der Waals surface area contributed by atoms with Crippen molar-refractivity contribution >= 4 is 45.6 Å². The molecule has 1 fully saturated rings. The number of morpholine rings is 1. The number of nitrogens with zero attached hydrogens (tertiary/aromatic N) is 2. The van der Waals surface area contributed by atoms with Crippen LogP contribution in [-0.4, -0.2) is 52.1 Å². The van der Waals surface area contributed by atoms with E-state index in [-0.39, 0.29) is 42.2 Å². The summed E-state index contributed by atoms with van der Waals surface area (Å²) in [7, 11) is -1.80. The van der Waals surface area contributed by atoms with Crippen molar-refractivity contribution in [1.82, 2.24) is 4.31 Å². The summed E-state index contributed by atoms with van der Waals surface area (Å²) in [5.74, 6) is 0.937. The molecule has 30 heavy (non-hydrogen) atoms. The molecule has 0 unspecified atom stereocenters. The van der Waals surface area contributed by atoms with E-state index in [1.165, 1.54) is 4.31 Å². The topological polar surface area (TPSA) is 106 Å². The summed E-state index contributed by atoms with van der Waals surface area (Å²) >= 11 is 0. The number of aliphatic imine (C=N–C) groups is 1. The fourth-order valence-corrected chi connectivity index (χ4v) is 4.56. The van der Waals surface area contributed by atoms with E-state index in [1.807, 2.05) is 48.5 Å². The zero-order valence-corrected chi connectivity index (χ0v) is 19.9. The first-order valence-electron chi connectivity index (χ1n) is 9.31. The molecule has 0 radical (unpaired) electrons. The van der Waals surface area contributed by atoms with Crippen molar-refractivity contribution in [2.24, 2.45) is 10.7 Å². The van der Waals surface area contributed by atoms with Crippen LogP contribution in [0.15, 0.2) is 53.5 Å². The molecule has 0 aromatic heterocycles. The molecule has 2 aromatic rings. The maximum atomic E-state index is 12.7. The summed E-state index contributed by atoms with van der Waals surface area (Å²) in [5, 5.41) is 3.01. The number of halogens is 1. The molecule has 3 rings (SSSR count). The Labute approximate surface area is 194 Å². The third-order valence-electron chi connectivity index (χ3n) is 4.60. The fourth-order valence-electron chi connectivity index (χ4n) is 3.00. The lowest BCUT2D eigenvalue weighted by molar-refractivity contribution is 0.0729. The number of hydrogen-bond donors (Lipinski definition) is 2. The first-order valence-corrected chi connectivity index (χ1v) is 10.9. The van der Waals surface area contributed by atoms with Gasteiger partial charge in [0.1, 0.15) is 5.75 Å². The van der Waals surface area contributed by atoms with E-state index in [9.17, 15) is 8.42 Å². The molecule has 3 N–H and O–H groups in total. The van der Waals surface area contributed by atoms with Crippen LogP contribution in [0, 0.1) is 0 Å². The van der Waals surface area contributed by atoms with Gasteiger partial charge in [0.15, 0.2) is 5.96 Å². The molecule has 8 nitrogen and oxygen atoms in total. The lowest BCUT2D eigenvalue weighted by atomic mass is 10.1. The highest BCUT2D eigenvalue weighted by Gasteiger charge is 2.25. The van der Waals surface area contributed by atoms with Gasteiger partial charge in [-0.3, -0.25) is 0 Å². The number of benzene rings is 2. The number of ether oxygens (including phenoxy) is 2. The van der Waals surface area contributed by atoms with Gasteiger partial charge in [-0.1, -0.05) is 24.3 Å². The van der Waals surface area contributed by atoms with Gasteiger partial charge >= 0.3 is 0 Å². The number of sulfonamides is 1. The Bertz CT molecular complexity index is 946. The molecular weight excluding hydrogens is 519 g/mol. The summed E-state index contributed by atoms with van der Waals surface area (Å²) in [5.41, 5.74) is 8.32. The normalized spacial score (nSPS) is 15.3. The van der Waals surface area contributed by atoms with Crippen LogP contribution in [0.25, 0.3) is 0 Å². The molecule has 1 saturated heterocycles. The number of anilines is 1. The highest BCUT2D eigenvalue weighted by atomic mass is 127. The molecule has 0 bridgehead atoms. The van der Waals surface area contributed by atoms with Crippen LogP contribution >= 0.6 is 24.0 Å². The summed E-state index contributed by atoms with van der Waals surface area (Å²) < 4.78 is 37.3. The predicted molar refractivity (Wildman–Crippen MR) is 129 cm³/mol. The summed E-state index contributed by atoms with van der Waals surface area (Å²) in [6, 6.07) is 14.7. The van der Waals surface area contributed by atoms with Crippen molar-refractivity contribution in [2.45, 2.75) is 12.3 Å². The van der Waals surface area contributed by atoms with Gasteiger partial charge in [0.05, 0.1) is 32.6 Å². The first-order chi connectivity index (χ1) is 14.0. The van der Waals surface area contributed by atoms with Gasteiger partial charge in [-0.25, -0.2) is 13.4 Å². The van der Waals surface area contributed by atoms with Crippen molar-refractivity contribution in [3.05, 3.63) is 59.7 Å².